The van der Waals surface area contributed by atoms with Gasteiger partial charge in [0.2, 0.25) is 5.91 Å². The Morgan fingerprint density at radius 1 is 1.47 bits per heavy atom. The van der Waals surface area contributed by atoms with E-state index in [1.54, 1.807) is 0 Å². The van der Waals surface area contributed by atoms with E-state index in [1.165, 1.54) is 18.2 Å². The minimum absolute atomic E-state index is 0.180. The number of ether oxygens (including phenoxy) is 1. The van der Waals surface area contributed by atoms with E-state index in [9.17, 15) is 9.18 Å². The zero-order valence-corrected chi connectivity index (χ0v) is 10.8. The van der Waals surface area contributed by atoms with Gasteiger partial charge in [0.1, 0.15) is 5.82 Å². The molecule has 0 unspecified atom stereocenters. The average molecular weight is 305 g/mol. The fourth-order valence-corrected chi connectivity index (χ4v) is 1.53. The van der Waals surface area contributed by atoms with E-state index in [2.05, 4.69) is 21.2 Å². The largest absolute Gasteiger partial charge is 0.380 e. The Hall–Kier alpha value is -0.980. The van der Waals surface area contributed by atoms with Crippen LogP contribution in [0.25, 0.3) is 0 Å². The highest BCUT2D eigenvalue weighted by Gasteiger charge is 2.04. The van der Waals surface area contributed by atoms with E-state index in [0.29, 0.717) is 29.9 Å². The average Bonchev–Trinajstić information content (AvgIpc) is 2.30. The third kappa shape index (κ3) is 5.25. The van der Waals surface area contributed by atoms with E-state index in [1.807, 2.05) is 0 Å². The number of amides is 1. The lowest BCUT2D eigenvalue weighted by Gasteiger charge is -2.06. The third-order valence-corrected chi connectivity index (χ3v) is 2.55. The zero-order valence-electron chi connectivity index (χ0n) is 9.21. The minimum Gasteiger partial charge on any atom is -0.380 e. The molecule has 0 aromatic heterocycles. The van der Waals surface area contributed by atoms with Gasteiger partial charge in [-0.2, -0.15) is 0 Å². The number of hydrogen-bond acceptors (Lipinski definition) is 3. The summed E-state index contributed by atoms with van der Waals surface area (Å²) in [5, 5.41) is 2.64. The van der Waals surface area contributed by atoms with Gasteiger partial charge in [-0.05, 0) is 34.1 Å². The maximum Gasteiger partial charge on any atom is 0.226 e. The Morgan fingerprint density at radius 2 is 2.24 bits per heavy atom. The predicted octanol–water partition coefficient (Wildman–Crippen LogP) is 1.89. The monoisotopic (exact) mass is 304 g/mol. The lowest BCUT2D eigenvalue weighted by atomic mass is 10.3. The molecule has 0 radical (unpaired) electrons. The molecule has 0 saturated carbocycles. The molecule has 3 N–H and O–H groups in total. The van der Waals surface area contributed by atoms with Crippen LogP contribution < -0.4 is 11.1 Å². The summed E-state index contributed by atoms with van der Waals surface area (Å²) in [6.07, 6.45) is 0.245. The second-order valence-electron chi connectivity index (χ2n) is 3.33. The maximum absolute atomic E-state index is 12.9. The summed E-state index contributed by atoms with van der Waals surface area (Å²) < 4.78 is 18.3. The van der Waals surface area contributed by atoms with Gasteiger partial charge in [0, 0.05) is 12.2 Å². The molecule has 0 aliphatic heterocycles. The molecule has 0 heterocycles. The van der Waals surface area contributed by atoms with E-state index < -0.39 is 0 Å². The van der Waals surface area contributed by atoms with Gasteiger partial charge in [0.05, 0.1) is 24.1 Å². The quantitative estimate of drug-likeness (QED) is 0.789. The molecule has 0 saturated heterocycles. The van der Waals surface area contributed by atoms with Crippen molar-refractivity contribution < 1.29 is 13.9 Å². The molecule has 17 heavy (non-hydrogen) atoms. The number of halogens is 2. The van der Waals surface area contributed by atoms with Gasteiger partial charge in [-0.3, -0.25) is 4.79 Å². The fourth-order valence-electron chi connectivity index (χ4n) is 1.15. The highest BCUT2D eigenvalue weighted by atomic mass is 79.9. The summed E-state index contributed by atoms with van der Waals surface area (Å²) in [5.74, 6) is -0.546. The first-order chi connectivity index (χ1) is 8.13. The molecule has 1 aromatic carbocycles. The molecule has 1 amide bonds. The second-order valence-corrected chi connectivity index (χ2v) is 4.18. The van der Waals surface area contributed by atoms with Crippen molar-refractivity contribution in [2.24, 2.45) is 5.73 Å². The number of anilines is 1. The molecule has 0 bridgehead atoms. The van der Waals surface area contributed by atoms with Crippen LogP contribution in [-0.4, -0.2) is 25.7 Å². The molecule has 94 valence electrons. The molecular formula is C11H14BrFN2O2. The van der Waals surface area contributed by atoms with Crippen molar-refractivity contribution >= 4 is 27.5 Å². The number of nitrogens with one attached hydrogen (secondary N) is 1. The summed E-state index contributed by atoms with van der Waals surface area (Å²) >= 11 is 3.04. The van der Waals surface area contributed by atoms with Crippen LogP contribution >= 0.6 is 15.9 Å². The van der Waals surface area contributed by atoms with Crippen LogP contribution in [0.1, 0.15) is 6.42 Å². The van der Waals surface area contributed by atoms with E-state index >= 15 is 0 Å². The summed E-state index contributed by atoms with van der Waals surface area (Å²) in [6, 6.07) is 4.29. The van der Waals surface area contributed by atoms with Crippen LogP contribution in [0.4, 0.5) is 10.1 Å². The van der Waals surface area contributed by atoms with Crippen LogP contribution in [0, 0.1) is 5.82 Å². The smallest absolute Gasteiger partial charge is 0.226 e. The number of hydrogen-bond donors (Lipinski definition) is 2. The van der Waals surface area contributed by atoms with Crippen molar-refractivity contribution in [3.63, 3.8) is 0 Å². The summed E-state index contributed by atoms with van der Waals surface area (Å²) in [5.41, 5.74) is 5.78. The van der Waals surface area contributed by atoms with E-state index in [-0.39, 0.29) is 18.1 Å². The number of carbonyl (C=O) groups excluding carboxylic acids is 1. The Kier molecular flexibility index (Phi) is 6.10. The highest BCUT2D eigenvalue weighted by molar-refractivity contribution is 9.10. The Bertz CT molecular complexity index is 388. The first-order valence-corrected chi connectivity index (χ1v) is 5.95. The molecule has 0 aliphatic rings. The molecule has 0 atom stereocenters. The van der Waals surface area contributed by atoms with Crippen molar-refractivity contribution in [3.05, 3.63) is 28.5 Å². The van der Waals surface area contributed by atoms with Gasteiger partial charge in [-0.1, -0.05) is 0 Å². The first-order valence-electron chi connectivity index (χ1n) is 5.16. The van der Waals surface area contributed by atoms with Crippen LogP contribution in [0.2, 0.25) is 0 Å². The van der Waals surface area contributed by atoms with Crippen molar-refractivity contribution in [3.8, 4) is 0 Å². The lowest BCUT2D eigenvalue weighted by Crippen LogP contribution is -2.16. The van der Waals surface area contributed by atoms with E-state index in [4.69, 9.17) is 10.5 Å². The predicted molar refractivity (Wildman–Crippen MR) is 67.2 cm³/mol. The van der Waals surface area contributed by atoms with Gasteiger partial charge in [0.25, 0.3) is 0 Å². The van der Waals surface area contributed by atoms with Gasteiger partial charge in [-0.25, -0.2) is 4.39 Å². The number of rotatable bonds is 6. The van der Waals surface area contributed by atoms with Crippen LogP contribution in [0.3, 0.4) is 0 Å². The first kappa shape index (κ1) is 14.1. The van der Waals surface area contributed by atoms with Crippen LogP contribution in [0.15, 0.2) is 22.7 Å². The molecule has 0 spiro atoms. The van der Waals surface area contributed by atoms with Crippen molar-refractivity contribution in [1.82, 2.24) is 0 Å². The van der Waals surface area contributed by atoms with Gasteiger partial charge < -0.3 is 15.8 Å². The second kappa shape index (κ2) is 7.37. The molecule has 1 aromatic rings. The zero-order chi connectivity index (χ0) is 12.7. The molecular weight excluding hydrogens is 291 g/mol. The minimum atomic E-state index is -0.366. The Balaban J connectivity index is 2.37. The normalized spacial score (nSPS) is 10.3. The fraction of sp³-hybridized carbons (Fsp3) is 0.364. The van der Waals surface area contributed by atoms with Crippen molar-refractivity contribution in [1.29, 1.82) is 0 Å². The maximum atomic E-state index is 12.9. The van der Waals surface area contributed by atoms with Crippen molar-refractivity contribution in [2.75, 3.05) is 25.1 Å². The lowest BCUT2D eigenvalue weighted by molar-refractivity contribution is -0.117. The molecule has 6 heteroatoms. The van der Waals surface area contributed by atoms with Gasteiger partial charge >= 0.3 is 0 Å². The summed E-state index contributed by atoms with van der Waals surface area (Å²) in [4.78, 5) is 11.4. The summed E-state index contributed by atoms with van der Waals surface area (Å²) in [7, 11) is 0. The molecule has 0 aliphatic carbocycles. The number of nitrogens with two attached hydrogens (primary N) is 1. The molecule has 4 nitrogen and oxygen atoms in total. The van der Waals surface area contributed by atoms with Crippen molar-refractivity contribution in [2.45, 2.75) is 6.42 Å². The SMILES string of the molecule is NCCOCCC(=O)Nc1ccc(F)c(Br)c1. The van der Waals surface area contributed by atoms with Crippen LogP contribution in [-0.2, 0) is 9.53 Å². The number of benzene rings is 1. The van der Waals surface area contributed by atoms with Gasteiger partial charge in [-0.15, -0.1) is 0 Å². The number of carbonyl (C=O) groups is 1. The Morgan fingerprint density at radius 3 is 2.88 bits per heavy atom. The van der Waals surface area contributed by atoms with Crippen LogP contribution in [0.5, 0.6) is 0 Å². The third-order valence-electron chi connectivity index (χ3n) is 1.94. The van der Waals surface area contributed by atoms with Gasteiger partial charge in [0.15, 0.2) is 0 Å². The standard InChI is InChI=1S/C11H14BrFN2O2/c12-9-7-8(1-2-10(9)13)15-11(16)3-5-17-6-4-14/h1-2,7H,3-6,14H2,(H,15,16). The molecule has 0 fully saturated rings. The summed E-state index contributed by atoms with van der Waals surface area (Å²) in [6.45, 7) is 1.20. The highest BCUT2D eigenvalue weighted by Crippen LogP contribution is 2.19. The topological polar surface area (TPSA) is 64.3 Å². The molecule has 1 rings (SSSR count). The van der Waals surface area contributed by atoms with E-state index in [0.717, 1.165) is 0 Å². The Labute approximate surface area is 107 Å².